The number of benzene rings is 3. The van der Waals surface area contributed by atoms with E-state index in [0.717, 1.165) is 48.9 Å². The molecule has 1 N–H and O–H groups in total. The SMILES string of the molecule is Oc1ccc2ccccc2c1CN1CCC(c2nc3ccccc3s2)CC1. The number of fused-ring (bicyclic) bond motifs is 2. The summed E-state index contributed by atoms with van der Waals surface area (Å²) >= 11 is 1.84. The number of hydrogen-bond donors (Lipinski definition) is 1. The van der Waals surface area contributed by atoms with E-state index in [1.54, 1.807) is 0 Å². The van der Waals surface area contributed by atoms with E-state index in [1.165, 1.54) is 15.1 Å². The van der Waals surface area contributed by atoms with Crippen molar-refractivity contribution in [3.8, 4) is 5.75 Å². The van der Waals surface area contributed by atoms with Crippen LogP contribution in [0.4, 0.5) is 0 Å². The molecule has 0 aliphatic carbocycles. The van der Waals surface area contributed by atoms with Gasteiger partial charge < -0.3 is 5.11 Å². The third-order valence-electron chi connectivity index (χ3n) is 5.64. The summed E-state index contributed by atoms with van der Waals surface area (Å²) in [6.07, 6.45) is 2.26. The minimum atomic E-state index is 0.405. The first-order chi connectivity index (χ1) is 13.3. The Morgan fingerprint density at radius 3 is 2.59 bits per heavy atom. The molecule has 0 amide bonds. The van der Waals surface area contributed by atoms with Gasteiger partial charge in [-0.1, -0.05) is 42.5 Å². The highest BCUT2D eigenvalue weighted by Crippen LogP contribution is 2.35. The first-order valence-electron chi connectivity index (χ1n) is 9.55. The lowest BCUT2D eigenvalue weighted by Gasteiger charge is -2.31. The highest BCUT2D eigenvalue weighted by Gasteiger charge is 2.24. The molecule has 1 aromatic heterocycles. The molecule has 0 radical (unpaired) electrons. The molecule has 1 saturated heterocycles. The molecule has 27 heavy (non-hydrogen) atoms. The number of likely N-dealkylation sites (tertiary alicyclic amines) is 1. The van der Waals surface area contributed by atoms with Crippen LogP contribution >= 0.6 is 11.3 Å². The van der Waals surface area contributed by atoms with Crippen molar-refractivity contribution in [2.45, 2.75) is 25.3 Å². The van der Waals surface area contributed by atoms with Crippen LogP contribution in [0, 0.1) is 0 Å². The van der Waals surface area contributed by atoms with Crippen LogP contribution in [0.2, 0.25) is 0 Å². The predicted octanol–water partition coefficient (Wildman–Crippen LogP) is 5.53. The van der Waals surface area contributed by atoms with E-state index in [0.29, 0.717) is 11.7 Å². The van der Waals surface area contributed by atoms with Gasteiger partial charge in [-0.05, 0) is 54.9 Å². The lowest BCUT2D eigenvalue weighted by atomic mass is 9.96. The zero-order valence-corrected chi connectivity index (χ0v) is 16.0. The fourth-order valence-corrected chi connectivity index (χ4v) is 5.25. The van der Waals surface area contributed by atoms with Crippen molar-refractivity contribution < 1.29 is 5.11 Å². The van der Waals surface area contributed by atoms with Crippen LogP contribution in [0.5, 0.6) is 5.75 Å². The van der Waals surface area contributed by atoms with Gasteiger partial charge in [0.15, 0.2) is 0 Å². The second kappa shape index (κ2) is 6.95. The number of phenolic OH excluding ortho intramolecular Hbond substituents is 1. The van der Waals surface area contributed by atoms with E-state index in [9.17, 15) is 5.11 Å². The molecule has 136 valence electrons. The number of phenols is 1. The van der Waals surface area contributed by atoms with Crippen LogP contribution in [0.25, 0.3) is 21.0 Å². The first kappa shape index (κ1) is 16.7. The van der Waals surface area contributed by atoms with Crippen LogP contribution in [0.15, 0.2) is 60.7 Å². The van der Waals surface area contributed by atoms with E-state index in [4.69, 9.17) is 4.98 Å². The van der Waals surface area contributed by atoms with Crippen molar-refractivity contribution in [2.24, 2.45) is 0 Å². The number of nitrogens with zero attached hydrogens (tertiary/aromatic N) is 2. The fraction of sp³-hybridized carbons (Fsp3) is 0.261. The van der Waals surface area contributed by atoms with E-state index < -0.39 is 0 Å². The highest BCUT2D eigenvalue weighted by molar-refractivity contribution is 7.18. The van der Waals surface area contributed by atoms with Crippen LogP contribution in [0.3, 0.4) is 0 Å². The Balaban J connectivity index is 1.32. The van der Waals surface area contributed by atoms with Crippen molar-refractivity contribution in [2.75, 3.05) is 13.1 Å². The molecule has 1 fully saturated rings. The van der Waals surface area contributed by atoms with E-state index in [2.05, 4.69) is 41.3 Å². The molecule has 3 nitrogen and oxygen atoms in total. The van der Waals surface area contributed by atoms with Gasteiger partial charge in [0.2, 0.25) is 0 Å². The van der Waals surface area contributed by atoms with Gasteiger partial charge in [0, 0.05) is 18.0 Å². The maximum Gasteiger partial charge on any atom is 0.120 e. The van der Waals surface area contributed by atoms with Crippen molar-refractivity contribution in [1.29, 1.82) is 0 Å². The van der Waals surface area contributed by atoms with Crippen LogP contribution < -0.4 is 0 Å². The molecule has 0 bridgehead atoms. The third kappa shape index (κ3) is 3.20. The Morgan fingerprint density at radius 1 is 0.963 bits per heavy atom. The smallest absolute Gasteiger partial charge is 0.120 e. The Morgan fingerprint density at radius 2 is 1.74 bits per heavy atom. The van der Waals surface area contributed by atoms with Gasteiger partial charge in [0.25, 0.3) is 0 Å². The number of para-hydroxylation sites is 1. The van der Waals surface area contributed by atoms with Crippen molar-refractivity contribution in [3.63, 3.8) is 0 Å². The second-order valence-electron chi connectivity index (χ2n) is 7.35. The zero-order valence-electron chi connectivity index (χ0n) is 15.1. The third-order valence-corrected chi connectivity index (χ3v) is 6.84. The zero-order chi connectivity index (χ0) is 18.2. The van der Waals surface area contributed by atoms with Crippen molar-refractivity contribution in [1.82, 2.24) is 9.88 Å². The van der Waals surface area contributed by atoms with Crippen LogP contribution in [-0.4, -0.2) is 28.1 Å². The number of aromatic nitrogens is 1. The molecule has 5 rings (SSSR count). The topological polar surface area (TPSA) is 36.4 Å². The van der Waals surface area contributed by atoms with Gasteiger partial charge in [-0.25, -0.2) is 4.98 Å². The molecule has 0 spiro atoms. The minimum Gasteiger partial charge on any atom is -0.508 e. The number of thiazole rings is 1. The number of piperidine rings is 1. The highest BCUT2D eigenvalue weighted by atomic mass is 32.1. The summed E-state index contributed by atoms with van der Waals surface area (Å²) in [6, 6.07) is 20.5. The normalized spacial score (nSPS) is 16.3. The largest absolute Gasteiger partial charge is 0.508 e. The standard InChI is InChI=1S/C23H22N2OS/c26-21-10-9-16-5-1-2-6-18(16)19(21)15-25-13-11-17(12-14-25)23-24-20-7-3-4-8-22(20)27-23/h1-10,17,26H,11-15H2. The molecule has 1 aliphatic rings. The average Bonchev–Trinajstić information content (AvgIpc) is 3.15. The Kier molecular flexibility index (Phi) is 4.30. The Labute approximate surface area is 162 Å². The summed E-state index contributed by atoms with van der Waals surface area (Å²) in [5.74, 6) is 0.960. The average molecular weight is 375 g/mol. The fourth-order valence-electron chi connectivity index (χ4n) is 4.12. The van der Waals surface area contributed by atoms with Gasteiger partial charge in [-0.15, -0.1) is 11.3 Å². The summed E-state index contributed by atoms with van der Waals surface area (Å²) in [6.45, 7) is 2.90. The summed E-state index contributed by atoms with van der Waals surface area (Å²) in [5, 5.41) is 14.0. The lowest BCUT2D eigenvalue weighted by Crippen LogP contribution is -2.32. The quantitative estimate of drug-likeness (QED) is 0.512. The number of aromatic hydroxyl groups is 1. The van der Waals surface area contributed by atoms with E-state index >= 15 is 0 Å². The lowest BCUT2D eigenvalue weighted by molar-refractivity contribution is 0.203. The summed E-state index contributed by atoms with van der Waals surface area (Å²) < 4.78 is 1.29. The molecular weight excluding hydrogens is 352 g/mol. The van der Waals surface area contributed by atoms with Gasteiger partial charge in [0.05, 0.1) is 15.2 Å². The minimum absolute atomic E-state index is 0.405. The molecule has 4 aromatic rings. The van der Waals surface area contributed by atoms with Gasteiger partial charge in [-0.3, -0.25) is 4.90 Å². The summed E-state index contributed by atoms with van der Waals surface area (Å²) in [4.78, 5) is 7.32. The molecule has 4 heteroatoms. The van der Waals surface area contributed by atoms with Gasteiger partial charge in [0.1, 0.15) is 5.75 Å². The maximum atomic E-state index is 10.4. The predicted molar refractivity (Wildman–Crippen MR) is 112 cm³/mol. The van der Waals surface area contributed by atoms with Crippen molar-refractivity contribution in [3.05, 3.63) is 71.2 Å². The molecule has 0 saturated carbocycles. The van der Waals surface area contributed by atoms with Crippen LogP contribution in [0.1, 0.15) is 29.3 Å². The molecule has 0 atom stereocenters. The number of hydrogen-bond acceptors (Lipinski definition) is 4. The molecular formula is C23H22N2OS. The molecule has 2 heterocycles. The van der Waals surface area contributed by atoms with Gasteiger partial charge >= 0.3 is 0 Å². The van der Waals surface area contributed by atoms with Gasteiger partial charge in [-0.2, -0.15) is 0 Å². The van der Waals surface area contributed by atoms with Crippen molar-refractivity contribution >= 4 is 32.3 Å². The molecule has 0 unspecified atom stereocenters. The monoisotopic (exact) mass is 374 g/mol. The Bertz CT molecular complexity index is 1060. The summed E-state index contributed by atoms with van der Waals surface area (Å²) in [5.41, 5.74) is 2.17. The number of rotatable bonds is 3. The Hall–Kier alpha value is -2.43. The molecule has 3 aromatic carbocycles. The maximum absolute atomic E-state index is 10.4. The second-order valence-corrected chi connectivity index (χ2v) is 8.42. The van der Waals surface area contributed by atoms with Crippen LogP contribution in [-0.2, 0) is 6.54 Å². The van der Waals surface area contributed by atoms with E-state index in [1.807, 2.05) is 35.6 Å². The molecule has 1 aliphatic heterocycles. The first-order valence-corrected chi connectivity index (χ1v) is 10.4. The van der Waals surface area contributed by atoms with E-state index in [-0.39, 0.29) is 0 Å². The summed E-state index contributed by atoms with van der Waals surface area (Å²) in [7, 11) is 0.